The standard InChI is InChI=1S/C25H41N3O5/c1-24(2,16-21(29)32-6)17-25(3,4)18-27-22(30)20(26-5)14-10-11-15-28-33-23(31)19-12-8-7-9-13-19/h7-9,12-13,20,26,28H,10-11,14-18H2,1-6H3,(H,27,30). The van der Waals surface area contributed by atoms with E-state index in [0.717, 1.165) is 19.3 Å². The fourth-order valence-electron chi connectivity index (χ4n) is 4.03. The maximum absolute atomic E-state index is 12.6. The number of hydrogen-bond acceptors (Lipinski definition) is 7. The van der Waals surface area contributed by atoms with Gasteiger partial charge in [-0.25, -0.2) is 4.79 Å². The van der Waals surface area contributed by atoms with Crippen LogP contribution in [0.5, 0.6) is 0 Å². The molecule has 0 fully saturated rings. The Bertz CT molecular complexity index is 750. The maximum Gasteiger partial charge on any atom is 0.356 e. The zero-order valence-electron chi connectivity index (χ0n) is 21.0. The van der Waals surface area contributed by atoms with Crippen molar-refractivity contribution in [3.8, 4) is 0 Å². The predicted octanol–water partition coefficient (Wildman–Crippen LogP) is 3.23. The van der Waals surface area contributed by atoms with Crippen molar-refractivity contribution in [2.75, 3.05) is 27.2 Å². The van der Waals surface area contributed by atoms with Gasteiger partial charge in [0.25, 0.3) is 0 Å². The maximum atomic E-state index is 12.6. The minimum absolute atomic E-state index is 0.0418. The van der Waals surface area contributed by atoms with E-state index in [1.54, 1.807) is 31.3 Å². The molecule has 0 bridgehead atoms. The molecule has 0 aliphatic carbocycles. The Labute approximate surface area is 198 Å². The topological polar surface area (TPSA) is 106 Å². The lowest BCUT2D eigenvalue weighted by Crippen LogP contribution is -2.46. The van der Waals surface area contributed by atoms with Crippen LogP contribution in [0.15, 0.2) is 30.3 Å². The van der Waals surface area contributed by atoms with Gasteiger partial charge in [0.2, 0.25) is 5.91 Å². The molecule has 8 nitrogen and oxygen atoms in total. The normalized spacial score (nSPS) is 12.7. The Morgan fingerprint density at radius 3 is 2.27 bits per heavy atom. The summed E-state index contributed by atoms with van der Waals surface area (Å²) in [4.78, 5) is 41.2. The molecule has 0 aliphatic rings. The number of hydroxylamine groups is 1. The molecule has 0 saturated carbocycles. The Hall–Kier alpha value is -2.45. The molecule has 3 N–H and O–H groups in total. The minimum Gasteiger partial charge on any atom is -0.469 e. The highest BCUT2D eigenvalue weighted by Gasteiger charge is 2.32. The van der Waals surface area contributed by atoms with Gasteiger partial charge < -0.3 is 20.2 Å². The van der Waals surface area contributed by atoms with Crippen LogP contribution in [0.3, 0.4) is 0 Å². The van der Waals surface area contributed by atoms with Crippen LogP contribution in [0, 0.1) is 10.8 Å². The fourth-order valence-corrected chi connectivity index (χ4v) is 4.03. The van der Waals surface area contributed by atoms with Crippen LogP contribution in [-0.2, 0) is 19.2 Å². The van der Waals surface area contributed by atoms with Gasteiger partial charge in [-0.3, -0.25) is 9.59 Å². The predicted molar refractivity (Wildman–Crippen MR) is 128 cm³/mol. The minimum atomic E-state index is -0.416. The molecule has 1 aromatic rings. The summed E-state index contributed by atoms with van der Waals surface area (Å²) >= 11 is 0. The van der Waals surface area contributed by atoms with Crippen molar-refractivity contribution in [3.63, 3.8) is 0 Å². The van der Waals surface area contributed by atoms with E-state index in [1.165, 1.54) is 7.11 Å². The monoisotopic (exact) mass is 463 g/mol. The lowest BCUT2D eigenvalue weighted by Gasteiger charge is -2.34. The van der Waals surface area contributed by atoms with Crippen molar-refractivity contribution in [3.05, 3.63) is 35.9 Å². The first-order chi connectivity index (χ1) is 15.5. The van der Waals surface area contributed by atoms with Crippen LogP contribution >= 0.6 is 0 Å². The number of esters is 1. The summed E-state index contributed by atoms with van der Waals surface area (Å²) in [6.07, 6.45) is 3.34. The summed E-state index contributed by atoms with van der Waals surface area (Å²) in [5.41, 5.74) is 2.79. The van der Waals surface area contributed by atoms with Crippen LogP contribution in [0.1, 0.15) is 70.2 Å². The van der Waals surface area contributed by atoms with Crippen molar-refractivity contribution in [1.29, 1.82) is 0 Å². The van der Waals surface area contributed by atoms with E-state index in [4.69, 9.17) is 9.57 Å². The first kappa shape index (κ1) is 28.6. The summed E-state index contributed by atoms with van der Waals surface area (Å²) in [6.45, 7) is 9.28. The van der Waals surface area contributed by atoms with Gasteiger partial charge in [0, 0.05) is 13.1 Å². The van der Waals surface area contributed by atoms with Crippen molar-refractivity contribution < 1.29 is 24.0 Å². The molecule has 1 unspecified atom stereocenters. The Kier molecular flexibility index (Phi) is 12.1. The first-order valence-electron chi connectivity index (χ1n) is 11.5. The SMILES string of the molecule is CNC(CCCCNOC(=O)c1ccccc1)C(=O)NCC(C)(C)CC(C)(C)CC(=O)OC. The Balaban J connectivity index is 2.32. The van der Waals surface area contributed by atoms with E-state index in [1.807, 2.05) is 19.9 Å². The number of hydrogen-bond donors (Lipinski definition) is 3. The molecule has 33 heavy (non-hydrogen) atoms. The summed E-state index contributed by atoms with van der Waals surface area (Å²) in [5, 5.41) is 6.12. The number of ether oxygens (including phenoxy) is 1. The summed E-state index contributed by atoms with van der Waals surface area (Å²) in [7, 11) is 3.17. The number of amides is 1. The second kappa shape index (κ2) is 14.0. The van der Waals surface area contributed by atoms with Crippen LogP contribution in [0.2, 0.25) is 0 Å². The molecule has 1 aromatic carbocycles. The zero-order valence-corrected chi connectivity index (χ0v) is 21.0. The molecular formula is C25H41N3O5. The van der Waals surface area contributed by atoms with Gasteiger partial charge >= 0.3 is 11.9 Å². The second-order valence-corrected chi connectivity index (χ2v) is 9.96. The number of methoxy groups -OCH3 is 1. The highest BCUT2D eigenvalue weighted by atomic mass is 16.7. The van der Waals surface area contributed by atoms with E-state index >= 15 is 0 Å². The molecule has 0 saturated heterocycles. The Morgan fingerprint density at radius 1 is 1.00 bits per heavy atom. The van der Waals surface area contributed by atoms with E-state index in [2.05, 4.69) is 30.0 Å². The number of nitrogens with one attached hydrogen (secondary N) is 3. The number of benzene rings is 1. The van der Waals surface area contributed by atoms with Gasteiger partial charge in [-0.05, 0) is 55.7 Å². The number of carbonyl (C=O) groups is 3. The number of carbonyl (C=O) groups excluding carboxylic acids is 3. The van der Waals surface area contributed by atoms with E-state index in [-0.39, 0.29) is 28.7 Å². The Morgan fingerprint density at radius 2 is 1.67 bits per heavy atom. The molecule has 0 spiro atoms. The first-order valence-corrected chi connectivity index (χ1v) is 11.5. The lowest BCUT2D eigenvalue weighted by molar-refractivity contribution is -0.143. The molecular weight excluding hydrogens is 422 g/mol. The molecule has 1 atom stereocenters. The van der Waals surface area contributed by atoms with Gasteiger partial charge in [0.15, 0.2) is 0 Å². The average Bonchev–Trinajstić information content (AvgIpc) is 2.76. The molecule has 8 heteroatoms. The third-order valence-corrected chi connectivity index (χ3v) is 5.41. The molecule has 0 radical (unpaired) electrons. The number of likely N-dealkylation sites (N-methyl/N-ethyl adjacent to an activating group) is 1. The smallest absolute Gasteiger partial charge is 0.356 e. The van der Waals surface area contributed by atoms with Crippen LogP contribution < -0.4 is 16.1 Å². The van der Waals surface area contributed by atoms with Gasteiger partial charge in [-0.15, -0.1) is 0 Å². The lowest BCUT2D eigenvalue weighted by atomic mass is 9.73. The molecule has 0 heterocycles. The van der Waals surface area contributed by atoms with E-state index < -0.39 is 5.97 Å². The van der Waals surface area contributed by atoms with Crippen LogP contribution in [0.25, 0.3) is 0 Å². The number of rotatable bonds is 15. The highest BCUT2D eigenvalue weighted by molar-refractivity contribution is 5.89. The second-order valence-electron chi connectivity index (χ2n) is 9.96. The van der Waals surface area contributed by atoms with Crippen LogP contribution in [-0.4, -0.2) is 51.1 Å². The quantitative estimate of drug-likeness (QED) is 0.208. The molecule has 1 amide bonds. The van der Waals surface area contributed by atoms with Crippen molar-refractivity contribution >= 4 is 17.8 Å². The summed E-state index contributed by atoms with van der Waals surface area (Å²) < 4.78 is 4.79. The summed E-state index contributed by atoms with van der Waals surface area (Å²) in [6, 6.07) is 8.50. The van der Waals surface area contributed by atoms with E-state index in [9.17, 15) is 14.4 Å². The molecule has 1 rings (SSSR count). The average molecular weight is 464 g/mol. The fraction of sp³-hybridized carbons (Fsp3) is 0.640. The zero-order chi connectivity index (χ0) is 24.9. The van der Waals surface area contributed by atoms with Gasteiger partial charge in [-0.1, -0.05) is 45.9 Å². The third-order valence-electron chi connectivity index (χ3n) is 5.41. The molecule has 186 valence electrons. The van der Waals surface area contributed by atoms with Crippen LogP contribution in [0.4, 0.5) is 0 Å². The van der Waals surface area contributed by atoms with Crippen molar-refractivity contribution in [1.82, 2.24) is 16.1 Å². The van der Waals surface area contributed by atoms with E-state index in [0.29, 0.717) is 31.5 Å². The molecule has 0 aromatic heterocycles. The largest absolute Gasteiger partial charge is 0.469 e. The highest BCUT2D eigenvalue weighted by Crippen LogP contribution is 2.36. The third kappa shape index (κ3) is 11.8. The van der Waals surface area contributed by atoms with Gasteiger partial charge in [-0.2, -0.15) is 5.48 Å². The van der Waals surface area contributed by atoms with Crippen molar-refractivity contribution in [2.24, 2.45) is 10.8 Å². The molecule has 0 aliphatic heterocycles. The van der Waals surface area contributed by atoms with Crippen molar-refractivity contribution in [2.45, 2.75) is 65.8 Å². The van der Waals surface area contributed by atoms with Gasteiger partial charge in [0.1, 0.15) is 0 Å². The summed E-state index contributed by atoms with van der Waals surface area (Å²) in [5.74, 6) is -0.681. The number of unbranched alkanes of at least 4 members (excludes halogenated alkanes) is 1. The van der Waals surface area contributed by atoms with Gasteiger partial charge in [0.05, 0.1) is 25.1 Å².